The quantitative estimate of drug-likeness (QED) is 0.0451. The third kappa shape index (κ3) is 12.4. The molecule has 0 bridgehead atoms. The number of aromatic nitrogens is 6. The van der Waals surface area contributed by atoms with Crippen LogP contribution in [-0.4, -0.2) is 76.6 Å². The molecule has 0 saturated carbocycles. The fourth-order valence-electron chi connectivity index (χ4n) is 5.64. The fraction of sp³-hybridized carbons (Fsp3) is 0.225. The molecule has 0 fully saturated rings. The predicted molar refractivity (Wildman–Crippen MR) is 215 cm³/mol. The molecule has 21 heteroatoms. The number of aromatic carboxylic acids is 3. The summed E-state index contributed by atoms with van der Waals surface area (Å²) in [5.41, 5.74) is 0.621. The Morgan fingerprint density at radius 1 is 0.803 bits per heavy atom. The van der Waals surface area contributed by atoms with E-state index in [2.05, 4.69) is 49.3 Å². The standard InChI is InChI=1S/C21H21F3N3O2S.C18H11N3O6.CNS.Ru/c1-2-3-4-5-6-16-18-19(29-10-9-28-18)20(30-16)13-7-8-14(25-12-13)15-11-17(27-26-15)21(22,23)24;22-16(23)9-1-3-19-12(5-9)14-7-11(18(26)27)8-15(21-14)13-6-10(17(24)25)2-4-20-13;2-1-3;/h7-8,11-12H,2-6,9-10H2,1H3;1-8H,(H,22,23)(H,24,25)(H,26,27);;/q-1;;-1;+2. The van der Waals surface area contributed by atoms with E-state index in [-0.39, 0.29) is 64.6 Å². The van der Waals surface area contributed by atoms with Crippen LogP contribution in [0.1, 0.15) is 74.3 Å². The molecule has 6 aromatic heterocycles. The van der Waals surface area contributed by atoms with Gasteiger partial charge in [0, 0.05) is 29.8 Å². The second-order valence-corrected chi connectivity index (χ2v) is 13.8. The predicted octanol–water partition coefficient (Wildman–Crippen LogP) is 8.70. The van der Waals surface area contributed by atoms with Gasteiger partial charge in [0.25, 0.3) is 0 Å². The van der Waals surface area contributed by atoms with Gasteiger partial charge in [0.15, 0.2) is 11.5 Å². The van der Waals surface area contributed by atoms with Gasteiger partial charge in [0.1, 0.15) is 18.9 Å². The molecule has 7 rings (SSSR count). The van der Waals surface area contributed by atoms with Gasteiger partial charge in [0.2, 0.25) is 0 Å². The van der Waals surface area contributed by atoms with Gasteiger partial charge < -0.3 is 40.4 Å². The summed E-state index contributed by atoms with van der Waals surface area (Å²) in [5.74, 6) is -2.01. The number of carbonyl (C=O) groups is 3. The van der Waals surface area contributed by atoms with Crippen molar-refractivity contribution in [2.75, 3.05) is 13.2 Å². The van der Waals surface area contributed by atoms with E-state index in [1.54, 1.807) is 23.6 Å². The summed E-state index contributed by atoms with van der Waals surface area (Å²) in [4.78, 5) is 52.5. The zero-order chi connectivity index (χ0) is 43.4. The topological polar surface area (TPSA) is 231 Å². The van der Waals surface area contributed by atoms with E-state index >= 15 is 0 Å². The van der Waals surface area contributed by atoms with Crippen molar-refractivity contribution >= 4 is 46.6 Å². The average Bonchev–Trinajstić information content (AvgIpc) is 3.90. The van der Waals surface area contributed by atoms with Crippen LogP contribution in [0.3, 0.4) is 0 Å². The van der Waals surface area contributed by atoms with E-state index < -0.39 is 29.8 Å². The van der Waals surface area contributed by atoms with E-state index in [1.807, 2.05) is 6.07 Å². The van der Waals surface area contributed by atoms with Crippen molar-refractivity contribution in [3.63, 3.8) is 0 Å². The molecule has 15 nitrogen and oxygen atoms in total. The minimum Gasteiger partial charge on any atom is -0.753 e. The van der Waals surface area contributed by atoms with Gasteiger partial charge in [-0.3, -0.25) is 15.0 Å². The molecule has 7 heterocycles. The number of unbranched alkanes of at least 4 members (excludes halogenated alkanes) is 3. The number of nitrogens with zero attached hydrogens (tertiary/aromatic N) is 7. The summed E-state index contributed by atoms with van der Waals surface area (Å²) < 4.78 is 50.0. The van der Waals surface area contributed by atoms with Crippen molar-refractivity contribution in [1.82, 2.24) is 30.1 Å². The number of isothiocyanates is 1. The first-order valence-electron chi connectivity index (χ1n) is 17.9. The smallest absolute Gasteiger partial charge is 0.753 e. The van der Waals surface area contributed by atoms with Crippen LogP contribution in [0.5, 0.6) is 11.5 Å². The average molecular weight is 961 g/mol. The van der Waals surface area contributed by atoms with Crippen LogP contribution in [0.15, 0.2) is 73.2 Å². The van der Waals surface area contributed by atoms with Crippen molar-refractivity contribution in [2.45, 2.75) is 45.2 Å². The van der Waals surface area contributed by atoms with Crippen molar-refractivity contribution in [3.05, 3.63) is 106 Å². The number of carboxylic acid groups (broad SMARTS) is 3. The third-order valence-corrected chi connectivity index (χ3v) is 9.71. The van der Waals surface area contributed by atoms with Crippen LogP contribution in [-0.2, 0) is 32.1 Å². The number of thiocarbonyl (C=S) groups is 1. The molecule has 0 aromatic carbocycles. The molecule has 0 spiro atoms. The van der Waals surface area contributed by atoms with E-state index in [0.717, 1.165) is 45.7 Å². The number of pyridine rings is 4. The first kappa shape index (κ1) is 47.4. The van der Waals surface area contributed by atoms with Crippen molar-refractivity contribution in [2.24, 2.45) is 0 Å². The number of hydrogen-bond acceptors (Lipinski definition) is 12. The molecule has 0 aliphatic carbocycles. The molecule has 0 unspecified atom stereocenters. The maximum atomic E-state index is 12.7. The van der Waals surface area contributed by atoms with Crippen LogP contribution in [0.25, 0.3) is 50.0 Å². The molecule has 316 valence electrons. The number of thiophene rings is 1. The summed E-state index contributed by atoms with van der Waals surface area (Å²) in [6.07, 6.45) is 5.26. The van der Waals surface area contributed by atoms with Crippen LogP contribution < -0.4 is 14.6 Å². The molecule has 61 heavy (non-hydrogen) atoms. The molecule has 0 radical (unpaired) electrons. The molecule has 0 atom stereocenters. The largest absolute Gasteiger partial charge is 2.00 e. The number of fused-ring (bicyclic) bond motifs is 1. The monoisotopic (exact) mass is 961 g/mol. The number of alkyl halides is 3. The number of halogens is 3. The zero-order valence-electron chi connectivity index (χ0n) is 31.7. The van der Waals surface area contributed by atoms with Crippen LogP contribution in [0.4, 0.5) is 13.2 Å². The summed E-state index contributed by atoms with van der Waals surface area (Å²) in [6, 6.07) is 12.0. The summed E-state index contributed by atoms with van der Waals surface area (Å²) in [5, 5.41) is 42.8. The van der Waals surface area contributed by atoms with Crippen molar-refractivity contribution in [3.8, 4) is 56.1 Å². The number of aryl methyl sites for hydroxylation is 1. The van der Waals surface area contributed by atoms with Crippen LogP contribution in [0.2, 0.25) is 0 Å². The molecular weight excluding hydrogens is 929 g/mol. The van der Waals surface area contributed by atoms with E-state index in [0.29, 0.717) is 18.9 Å². The maximum absolute atomic E-state index is 12.7. The minimum atomic E-state index is -4.52. The Balaban J connectivity index is 0.000000250. The Bertz CT molecular complexity index is 2450. The normalized spacial score (nSPS) is 11.4. The zero-order valence-corrected chi connectivity index (χ0v) is 35.1. The first-order chi connectivity index (χ1) is 28.7. The fourth-order valence-corrected chi connectivity index (χ4v) is 6.86. The Morgan fingerprint density at radius 3 is 1.85 bits per heavy atom. The maximum Gasteiger partial charge on any atom is 2.00 e. The molecule has 1 aliphatic rings. The molecular formula is C40H32F3N7O8RuS2. The number of hydrogen-bond donors (Lipinski definition) is 3. The van der Waals surface area contributed by atoms with Crippen molar-refractivity contribution in [1.29, 1.82) is 0 Å². The van der Waals surface area contributed by atoms with E-state index in [9.17, 15) is 32.7 Å². The van der Waals surface area contributed by atoms with Gasteiger partial charge in [0.05, 0.1) is 49.2 Å². The second-order valence-electron chi connectivity index (χ2n) is 12.6. The van der Waals surface area contributed by atoms with Crippen molar-refractivity contribution < 1.29 is 71.8 Å². The second kappa shape index (κ2) is 21.8. The van der Waals surface area contributed by atoms with Crippen LogP contribution >= 0.6 is 23.6 Å². The Hall–Kier alpha value is -6.27. The Labute approximate surface area is 367 Å². The molecule has 0 amide bonds. The Kier molecular flexibility index (Phi) is 17.0. The van der Waals surface area contributed by atoms with Gasteiger partial charge in [-0.2, -0.15) is 18.3 Å². The number of rotatable bonds is 12. The number of carboxylic acids is 3. The first-order valence-corrected chi connectivity index (χ1v) is 19.1. The summed E-state index contributed by atoms with van der Waals surface area (Å²) >= 11 is 5.33. The van der Waals surface area contributed by atoms with E-state index in [1.165, 1.54) is 73.2 Å². The third-order valence-electron chi connectivity index (χ3n) is 8.45. The SMILES string of the molecule is CCCCCCc1sc(-c2ccc(-c3cc(C(F)(F)F)n[n-]3)nc2)c2c1OCCO2.O=C(O)c1ccnc(-c2cc(C(=O)O)cc(-c3cc(C(=O)O)ccn3)n2)c1.[N-]=C=S.[Ru+2]. The number of ether oxygens (including phenoxy) is 2. The molecule has 0 saturated heterocycles. The molecule has 6 aromatic rings. The molecule has 3 N–H and O–H groups in total. The Morgan fingerprint density at radius 2 is 1.36 bits per heavy atom. The van der Waals surface area contributed by atoms with Gasteiger partial charge in [-0.1, -0.05) is 44.1 Å². The van der Waals surface area contributed by atoms with Gasteiger partial charge in [-0.05, 0) is 67.4 Å². The van der Waals surface area contributed by atoms with Gasteiger partial charge in [-0.15, -0.1) is 11.3 Å². The summed E-state index contributed by atoms with van der Waals surface area (Å²) in [7, 11) is 0. The minimum absolute atomic E-state index is 0. The van der Waals surface area contributed by atoms with E-state index in [4.69, 9.17) is 25.1 Å². The van der Waals surface area contributed by atoms with Gasteiger partial charge in [-0.25, -0.2) is 19.4 Å². The van der Waals surface area contributed by atoms with Gasteiger partial charge >= 0.3 is 43.6 Å². The molecule has 1 aliphatic heterocycles. The van der Waals surface area contributed by atoms with Crippen LogP contribution in [0, 0.1) is 0 Å². The summed E-state index contributed by atoms with van der Waals surface area (Å²) in [6.45, 7) is 3.20.